The van der Waals surface area contributed by atoms with Gasteiger partial charge in [0, 0.05) is 17.6 Å². The maximum absolute atomic E-state index is 13.8. The molecule has 2 aromatic heterocycles. The van der Waals surface area contributed by atoms with Crippen molar-refractivity contribution in [3.8, 4) is 5.69 Å². The van der Waals surface area contributed by atoms with Crippen LogP contribution >= 0.6 is 0 Å². The zero-order valence-corrected chi connectivity index (χ0v) is 12.5. The molecule has 0 radical (unpaired) electrons. The van der Waals surface area contributed by atoms with Crippen LogP contribution < -0.4 is 0 Å². The van der Waals surface area contributed by atoms with Crippen molar-refractivity contribution >= 4 is 10.9 Å². The molecule has 0 unspecified atom stereocenters. The van der Waals surface area contributed by atoms with Gasteiger partial charge in [-0.2, -0.15) is 0 Å². The molecule has 3 aromatic rings. The Labute approximate surface area is 128 Å². The molecule has 22 heavy (non-hydrogen) atoms. The molecule has 0 bridgehead atoms. The molecule has 0 amide bonds. The van der Waals surface area contributed by atoms with Crippen LogP contribution in [0.25, 0.3) is 16.6 Å². The topological polar surface area (TPSA) is 34.0 Å². The van der Waals surface area contributed by atoms with E-state index in [1.165, 1.54) is 23.7 Å². The summed E-state index contributed by atoms with van der Waals surface area (Å²) in [6.07, 6.45) is 7.22. The number of hydrogen-bond donors (Lipinski definition) is 0. The lowest BCUT2D eigenvalue weighted by atomic mass is 10.1. The second-order valence-electron chi connectivity index (χ2n) is 5.86. The Morgan fingerprint density at radius 1 is 1.18 bits per heavy atom. The maximum Gasteiger partial charge on any atom is 0.123 e. The molecule has 112 valence electrons. The fourth-order valence-electron chi connectivity index (χ4n) is 3.39. The summed E-state index contributed by atoms with van der Waals surface area (Å²) in [5, 5.41) is 0.993. The fourth-order valence-corrected chi connectivity index (χ4v) is 3.39. The van der Waals surface area contributed by atoms with Gasteiger partial charge in [-0.25, -0.2) is 14.4 Å². The monoisotopic (exact) mass is 296 g/mol. The number of nitrogens with zero attached hydrogens (tertiary/aromatic N) is 4. The van der Waals surface area contributed by atoms with Crippen LogP contribution in [0.2, 0.25) is 0 Å². The van der Waals surface area contributed by atoms with E-state index in [1.807, 2.05) is 18.5 Å². The van der Waals surface area contributed by atoms with Gasteiger partial charge >= 0.3 is 0 Å². The third-order valence-corrected chi connectivity index (χ3v) is 4.33. The SMILES string of the molecule is CN1CCCc2c(c3cc(F)ccc3n2-c2cncnc2)C1. The van der Waals surface area contributed by atoms with Gasteiger partial charge in [0.15, 0.2) is 0 Å². The highest BCUT2D eigenvalue weighted by Crippen LogP contribution is 2.33. The van der Waals surface area contributed by atoms with Gasteiger partial charge in [-0.1, -0.05) is 0 Å². The maximum atomic E-state index is 13.8. The molecule has 0 fully saturated rings. The summed E-state index contributed by atoms with van der Waals surface area (Å²) >= 11 is 0. The Kier molecular flexibility index (Phi) is 3.15. The molecular weight excluding hydrogens is 279 g/mol. The quantitative estimate of drug-likeness (QED) is 0.692. The third-order valence-electron chi connectivity index (χ3n) is 4.33. The Morgan fingerprint density at radius 3 is 2.82 bits per heavy atom. The van der Waals surface area contributed by atoms with E-state index in [9.17, 15) is 4.39 Å². The van der Waals surface area contributed by atoms with Crippen molar-refractivity contribution in [2.75, 3.05) is 13.6 Å². The number of benzene rings is 1. The van der Waals surface area contributed by atoms with E-state index in [0.717, 1.165) is 42.5 Å². The molecule has 1 aliphatic rings. The molecule has 0 aliphatic carbocycles. The highest BCUT2D eigenvalue weighted by Gasteiger charge is 2.22. The van der Waals surface area contributed by atoms with Crippen LogP contribution in [0.3, 0.4) is 0 Å². The Hall–Kier alpha value is -2.27. The van der Waals surface area contributed by atoms with Crippen molar-refractivity contribution in [3.63, 3.8) is 0 Å². The number of aromatic nitrogens is 3. The first kappa shape index (κ1) is 13.4. The Balaban J connectivity index is 2.05. The Bertz CT molecular complexity index is 826. The van der Waals surface area contributed by atoms with E-state index in [2.05, 4.69) is 26.5 Å². The van der Waals surface area contributed by atoms with E-state index in [0.29, 0.717) is 0 Å². The lowest BCUT2D eigenvalue weighted by molar-refractivity contribution is 0.333. The van der Waals surface area contributed by atoms with E-state index >= 15 is 0 Å². The van der Waals surface area contributed by atoms with Crippen LogP contribution in [-0.4, -0.2) is 33.0 Å². The molecule has 4 rings (SSSR count). The van der Waals surface area contributed by atoms with Crippen LogP contribution in [0.5, 0.6) is 0 Å². The number of fused-ring (bicyclic) bond motifs is 3. The summed E-state index contributed by atoms with van der Waals surface area (Å²) in [4.78, 5) is 10.6. The average Bonchev–Trinajstić information content (AvgIpc) is 2.68. The smallest absolute Gasteiger partial charge is 0.123 e. The van der Waals surface area contributed by atoms with Gasteiger partial charge in [-0.15, -0.1) is 0 Å². The summed E-state index contributed by atoms with van der Waals surface area (Å²) in [7, 11) is 2.11. The first-order valence-corrected chi connectivity index (χ1v) is 7.49. The van der Waals surface area contributed by atoms with Crippen LogP contribution in [0, 0.1) is 5.82 Å². The number of halogens is 1. The van der Waals surface area contributed by atoms with Crippen molar-refractivity contribution in [1.82, 2.24) is 19.4 Å². The van der Waals surface area contributed by atoms with Crippen molar-refractivity contribution in [3.05, 3.63) is 54.0 Å². The molecule has 0 saturated heterocycles. The van der Waals surface area contributed by atoms with E-state index in [4.69, 9.17) is 0 Å². The van der Waals surface area contributed by atoms with Gasteiger partial charge in [0.1, 0.15) is 12.1 Å². The molecule has 1 aromatic carbocycles. The van der Waals surface area contributed by atoms with Crippen LogP contribution in [0.15, 0.2) is 36.9 Å². The van der Waals surface area contributed by atoms with Gasteiger partial charge in [-0.05, 0) is 50.2 Å². The van der Waals surface area contributed by atoms with Crippen molar-refractivity contribution in [2.45, 2.75) is 19.4 Å². The standard InChI is InChI=1S/C17H17FN4/c1-21-6-2-3-16-15(10-21)14-7-12(18)4-5-17(14)22(16)13-8-19-11-20-9-13/h4-5,7-9,11H,2-3,6,10H2,1H3. The molecule has 5 heteroatoms. The minimum Gasteiger partial charge on any atom is -0.310 e. The first-order chi connectivity index (χ1) is 10.7. The predicted molar refractivity (Wildman–Crippen MR) is 83.5 cm³/mol. The lowest BCUT2D eigenvalue weighted by Crippen LogP contribution is -2.17. The summed E-state index contributed by atoms with van der Waals surface area (Å²) in [6.45, 7) is 1.90. The van der Waals surface area contributed by atoms with Gasteiger partial charge in [-0.3, -0.25) is 0 Å². The predicted octanol–water partition coefficient (Wildman–Crippen LogP) is 2.94. The van der Waals surface area contributed by atoms with E-state index < -0.39 is 0 Å². The molecule has 0 saturated carbocycles. The lowest BCUT2D eigenvalue weighted by Gasteiger charge is -2.12. The number of rotatable bonds is 1. The summed E-state index contributed by atoms with van der Waals surface area (Å²) in [6, 6.07) is 5.02. The number of hydrogen-bond acceptors (Lipinski definition) is 3. The summed E-state index contributed by atoms with van der Waals surface area (Å²) < 4.78 is 16.0. The van der Waals surface area contributed by atoms with E-state index in [1.54, 1.807) is 6.07 Å². The van der Waals surface area contributed by atoms with Gasteiger partial charge < -0.3 is 9.47 Å². The van der Waals surface area contributed by atoms with Crippen LogP contribution in [0.1, 0.15) is 17.7 Å². The highest BCUT2D eigenvalue weighted by atomic mass is 19.1. The minimum atomic E-state index is -0.191. The van der Waals surface area contributed by atoms with Crippen molar-refractivity contribution in [1.29, 1.82) is 0 Å². The largest absolute Gasteiger partial charge is 0.310 e. The van der Waals surface area contributed by atoms with Crippen LogP contribution in [0.4, 0.5) is 4.39 Å². The third kappa shape index (κ3) is 2.09. The second-order valence-corrected chi connectivity index (χ2v) is 5.86. The van der Waals surface area contributed by atoms with Crippen LogP contribution in [-0.2, 0) is 13.0 Å². The molecule has 3 heterocycles. The fraction of sp³-hybridized carbons (Fsp3) is 0.294. The highest BCUT2D eigenvalue weighted by molar-refractivity contribution is 5.87. The zero-order chi connectivity index (χ0) is 15.1. The minimum absolute atomic E-state index is 0.191. The molecular formula is C17H17FN4. The zero-order valence-electron chi connectivity index (χ0n) is 12.5. The molecule has 0 N–H and O–H groups in total. The van der Waals surface area contributed by atoms with Gasteiger partial charge in [0.2, 0.25) is 0 Å². The van der Waals surface area contributed by atoms with Gasteiger partial charge in [0.25, 0.3) is 0 Å². The van der Waals surface area contributed by atoms with Crippen molar-refractivity contribution < 1.29 is 4.39 Å². The van der Waals surface area contributed by atoms with E-state index in [-0.39, 0.29) is 5.82 Å². The molecule has 1 aliphatic heterocycles. The van der Waals surface area contributed by atoms with Gasteiger partial charge in [0.05, 0.1) is 23.6 Å². The first-order valence-electron chi connectivity index (χ1n) is 7.49. The van der Waals surface area contributed by atoms with Crippen molar-refractivity contribution in [2.24, 2.45) is 0 Å². The second kappa shape index (κ2) is 5.18. The average molecular weight is 296 g/mol. The Morgan fingerprint density at radius 2 is 2.00 bits per heavy atom. The molecule has 0 spiro atoms. The summed E-state index contributed by atoms with van der Waals surface area (Å²) in [5.74, 6) is -0.191. The normalized spacial score (nSPS) is 15.7. The summed E-state index contributed by atoms with van der Waals surface area (Å²) in [5.41, 5.74) is 4.43. The molecule has 4 nitrogen and oxygen atoms in total. The molecule has 0 atom stereocenters.